The van der Waals surface area contributed by atoms with E-state index in [9.17, 15) is 14.4 Å². The largest absolute Gasteiger partial charge is 0.426 e. The Morgan fingerprint density at radius 1 is 1.21 bits per heavy atom. The molecule has 0 spiro atoms. The summed E-state index contributed by atoms with van der Waals surface area (Å²) in [7, 11) is 0. The van der Waals surface area contributed by atoms with Gasteiger partial charge in [0.2, 0.25) is 5.91 Å². The van der Waals surface area contributed by atoms with Crippen LogP contribution in [0, 0.1) is 5.92 Å². The fourth-order valence-electron chi connectivity index (χ4n) is 2.57. The maximum absolute atomic E-state index is 12.3. The van der Waals surface area contributed by atoms with Crippen molar-refractivity contribution in [2.75, 3.05) is 11.4 Å². The lowest BCUT2D eigenvalue weighted by Gasteiger charge is -2.16. The van der Waals surface area contributed by atoms with E-state index in [2.05, 4.69) is 0 Å². The summed E-state index contributed by atoms with van der Waals surface area (Å²) in [6, 6.07) is 13.2. The maximum Gasteiger partial charge on any atom is 0.316 e. The summed E-state index contributed by atoms with van der Waals surface area (Å²) < 4.78 is 5.29. The van der Waals surface area contributed by atoms with Gasteiger partial charge in [0.25, 0.3) is 0 Å². The van der Waals surface area contributed by atoms with Crippen LogP contribution in [0.5, 0.6) is 5.75 Å². The SMILES string of the molecule is O=Cc1ccc(OC(=O)[C@H]2CC(=O)N(c3cccc(Cl)c3)C2)cc1. The van der Waals surface area contributed by atoms with Gasteiger partial charge >= 0.3 is 5.97 Å². The second-order valence-corrected chi connectivity index (χ2v) is 5.93. The van der Waals surface area contributed by atoms with Crippen molar-refractivity contribution >= 4 is 35.5 Å². The minimum atomic E-state index is -0.540. The lowest BCUT2D eigenvalue weighted by Crippen LogP contribution is -2.27. The minimum Gasteiger partial charge on any atom is -0.426 e. The second kappa shape index (κ2) is 6.84. The van der Waals surface area contributed by atoms with E-state index in [4.69, 9.17) is 16.3 Å². The van der Waals surface area contributed by atoms with Gasteiger partial charge in [0, 0.05) is 29.2 Å². The molecule has 5 nitrogen and oxygen atoms in total. The molecule has 0 aromatic heterocycles. The monoisotopic (exact) mass is 343 g/mol. The molecule has 1 fully saturated rings. The topological polar surface area (TPSA) is 63.7 Å². The van der Waals surface area contributed by atoms with E-state index in [1.165, 1.54) is 4.90 Å². The molecule has 0 bridgehead atoms. The molecule has 1 aliphatic rings. The summed E-state index contributed by atoms with van der Waals surface area (Å²) in [5.41, 5.74) is 1.16. The lowest BCUT2D eigenvalue weighted by molar-refractivity contribution is -0.139. The van der Waals surface area contributed by atoms with Crippen molar-refractivity contribution < 1.29 is 19.1 Å². The molecule has 0 N–H and O–H groups in total. The number of amides is 1. The zero-order valence-corrected chi connectivity index (χ0v) is 13.4. The molecule has 6 heteroatoms. The number of benzene rings is 2. The first-order valence-electron chi connectivity index (χ1n) is 7.39. The van der Waals surface area contributed by atoms with Gasteiger partial charge in [0.05, 0.1) is 5.92 Å². The molecule has 1 heterocycles. The number of nitrogens with zero attached hydrogens (tertiary/aromatic N) is 1. The highest BCUT2D eigenvalue weighted by Crippen LogP contribution is 2.28. The fourth-order valence-corrected chi connectivity index (χ4v) is 2.76. The molecule has 3 rings (SSSR count). The van der Waals surface area contributed by atoms with Gasteiger partial charge in [0.1, 0.15) is 12.0 Å². The Kier molecular flexibility index (Phi) is 4.62. The Bertz CT molecular complexity index is 788. The van der Waals surface area contributed by atoms with Crippen LogP contribution < -0.4 is 9.64 Å². The third kappa shape index (κ3) is 3.46. The van der Waals surface area contributed by atoms with E-state index in [-0.39, 0.29) is 18.9 Å². The Labute approximate surface area is 143 Å². The number of carbonyl (C=O) groups excluding carboxylic acids is 3. The summed E-state index contributed by atoms with van der Waals surface area (Å²) >= 11 is 5.95. The number of ether oxygens (including phenoxy) is 1. The first-order valence-corrected chi connectivity index (χ1v) is 7.77. The summed E-state index contributed by atoms with van der Waals surface area (Å²) in [6.07, 6.45) is 0.807. The molecule has 0 saturated carbocycles. The first kappa shape index (κ1) is 16.2. The molecule has 1 saturated heterocycles. The lowest BCUT2D eigenvalue weighted by atomic mass is 10.1. The number of hydrogen-bond acceptors (Lipinski definition) is 4. The van der Waals surface area contributed by atoms with Crippen LogP contribution in [0.4, 0.5) is 5.69 Å². The van der Waals surface area contributed by atoms with Crippen molar-refractivity contribution in [1.29, 1.82) is 0 Å². The molecule has 1 atom stereocenters. The number of aldehydes is 1. The van der Waals surface area contributed by atoms with Gasteiger partial charge in [-0.05, 0) is 42.5 Å². The Morgan fingerprint density at radius 3 is 2.62 bits per heavy atom. The zero-order chi connectivity index (χ0) is 17.1. The van der Waals surface area contributed by atoms with Crippen LogP contribution in [0.2, 0.25) is 5.02 Å². The average molecular weight is 344 g/mol. The third-order valence-corrected chi connectivity index (χ3v) is 4.05. The highest BCUT2D eigenvalue weighted by molar-refractivity contribution is 6.30. The van der Waals surface area contributed by atoms with Gasteiger partial charge in [-0.1, -0.05) is 17.7 Å². The molecule has 1 aliphatic heterocycles. The van der Waals surface area contributed by atoms with Crippen LogP contribution in [-0.4, -0.2) is 24.7 Å². The summed E-state index contributed by atoms with van der Waals surface area (Å²) in [5, 5.41) is 0.529. The van der Waals surface area contributed by atoms with Crippen molar-refractivity contribution in [1.82, 2.24) is 0 Å². The number of anilines is 1. The molecule has 0 aliphatic carbocycles. The van der Waals surface area contributed by atoms with Crippen LogP contribution in [-0.2, 0) is 9.59 Å². The molecular weight excluding hydrogens is 330 g/mol. The smallest absolute Gasteiger partial charge is 0.316 e. The summed E-state index contributed by atoms with van der Waals surface area (Å²) in [6.45, 7) is 0.254. The van der Waals surface area contributed by atoms with E-state index in [0.717, 1.165) is 0 Å². The van der Waals surface area contributed by atoms with E-state index in [1.807, 2.05) is 0 Å². The normalized spacial score (nSPS) is 17.0. The van der Waals surface area contributed by atoms with E-state index in [1.54, 1.807) is 48.5 Å². The molecule has 24 heavy (non-hydrogen) atoms. The van der Waals surface area contributed by atoms with Crippen LogP contribution >= 0.6 is 11.6 Å². The van der Waals surface area contributed by atoms with Crippen LogP contribution in [0.1, 0.15) is 16.8 Å². The van der Waals surface area contributed by atoms with Gasteiger partial charge in [0.15, 0.2) is 0 Å². The fraction of sp³-hybridized carbons (Fsp3) is 0.167. The van der Waals surface area contributed by atoms with E-state index in [0.29, 0.717) is 28.3 Å². The molecule has 2 aromatic rings. The predicted octanol–water partition coefficient (Wildman–Crippen LogP) is 3.11. The van der Waals surface area contributed by atoms with E-state index < -0.39 is 11.9 Å². The molecule has 0 unspecified atom stereocenters. The number of esters is 1. The number of halogens is 1. The van der Waals surface area contributed by atoms with Crippen molar-refractivity contribution in [3.63, 3.8) is 0 Å². The Balaban J connectivity index is 1.68. The third-order valence-electron chi connectivity index (χ3n) is 3.81. The molecule has 0 radical (unpaired) electrons. The molecule has 1 amide bonds. The standard InChI is InChI=1S/C18H14ClNO4/c19-14-2-1-3-15(9-14)20-10-13(8-17(20)22)18(23)24-16-6-4-12(11-21)5-7-16/h1-7,9,11,13H,8,10H2/t13-/m0/s1. The Hall–Kier alpha value is -2.66. The van der Waals surface area contributed by atoms with Gasteiger partial charge in [-0.25, -0.2) is 0 Å². The van der Waals surface area contributed by atoms with Crippen LogP contribution in [0.3, 0.4) is 0 Å². The van der Waals surface area contributed by atoms with Crippen molar-refractivity contribution in [2.45, 2.75) is 6.42 Å². The first-order chi connectivity index (χ1) is 11.6. The average Bonchev–Trinajstić information content (AvgIpc) is 2.97. The predicted molar refractivity (Wildman–Crippen MR) is 89.4 cm³/mol. The highest BCUT2D eigenvalue weighted by Gasteiger charge is 2.36. The summed E-state index contributed by atoms with van der Waals surface area (Å²) in [5.74, 6) is -0.802. The van der Waals surface area contributed by atoms with Crippen LogP contribution in [0.15, 0.2) is 48.5 Å². The summed E-state index contributed by atoms with van der Waals surface area (Å²) in [4.78, 5) is 36.6. The van der Waals surface area contributed by atoms with Crippen molar-refractivity contribution in [3.8, 4) is 5.75 Å². The van der Waals surface area contributed by atoms with Crippen LogP contribution in [0.25, 0.3) is 0 Å². The van der Waals surface area contributed by atoms with Gasteiger partial charge < -0.3 is 9.64 Å². The number of rotatable bonds is 4. The van der Waals surface area contributed by atoms with Gasteiger partial charge in [-0.2, -0.15) is 0 Å². The van der Waals surface area contributed by atoms with Gasteiger partial charge in [-0.15, -0.1) is 0 Å². The van der Waals surface area contributed by atoms with Gasteiger partial charge in [-0.3, -0.25) is 14.4 Å². The Morgan fingerprint density at radius 2 is 1.96 bits per heavy atom. The molecular formula is C18H14ClNO4. The van der Waals surface area contributed by atoms with Crippen molar-refractivity contribution in [2.24, 2.45) is 5.92 Å². The minimum absolute atomic E-state index is 0.0950. The number of hydrogen-bond donors (Lipinski definition) is 0. The van der Waals surface area contributed by atoms with E-state index >= 15 is 0 Å². The number of carbonyl (C=O) groups is 3. The second-order valence-electron chi connectivity index (χ2n) is 5.49. The maximum atomic E-state index is 12.3. The quantitative estimate of drug-likeness (QED) is 0.486. The molecule has 2 aromatic carbocycles. The molecule has 122 valence electrons. The highest BCUT2D eigenvalue weighted by atomic mass is 35.5. The zero-order valence-electron chi connectivity index (χ0n) is 12.6. The van der Waals surface area contributed by atoms with Crippen molar-refractivity contribution in [3.05, 3.63) is 59.1 Å².